The standard InChI is InChI=1S/C20H21N3O4/c1-26-16-7-8-17(27-2)19-13(16)9-23(10-15(19)24)11-18-21-14-6-4-3-5-12(14)20(25)22-18/h3-8,15,24H,9-11H2,1-2H3,(H,21,22,25). The molecule has 0 saturated carbocycles. The summed E-state index contributed by atoms with van der Waals surface area (Å²) < 4.78 is 10.9. The number of methoxy groups -OCH3 is 2. The van der Waals surface area contributed by atoms with Crippen molar-refractivity contribution < 1.29 is 14.6 Å². The first-order chi connectivity index (χ1) is 13.1. The summed E-state index contributed by atoms with van der Waals surface area (Å²) in [5.41, 5.74) is 2.15. The van der Waals surface area contributed by atoms with Gasteiger partial charge in [0, 0.05) is 24.2 Å². The molecule has 1 atom stereocenters. The van der Waals surface area contributed by atoms with Crippen molar-refractivity contribution in [3.63, 3.8) is 0 Å². The van der Waals surface area contributed by atoms with Crippen LogP contribution in [0.25, 0.3) is 10.9 Å². The quantitative estimate of drug-likeness (QED) is 0.733. The average molecular weight is 367 g/mol. The summed E-state index contributed by atoms with van der Waals surface area (Å²) in [6.45, 7) is 1.38. The largest absolute Gasteiger partial charge is 0.496 e. The molecule has 1 aromatic heterocycles. The first-order valence-electron chi connectivity index (χ1n) is 8.73. The Hall–Kier alpha value is -2.90. The van der Waals surface area contributed by atoms with Crippen molar-refractivity contribution in [3.8, 4) is 11.5 Å². The van der Waals surface area contributed by atoms with E-state index < -0.39 is 6.10 Å². The van der Waals surface area contributed by atoms with Crippen molar-refractivity contribution in [3.05, 3.63) is 63.7 Å². The van der Waals surface area contributed by atoms with Crippen LogP contribution in [0.4, 0.5) is 0 Å². The average Bonchev–Trinajstić information content (AvgIpc) is 2.67. The van der Waals surface area contributed by atoms with E-state index in [9.17, 15) is 9.90 Å². The lowest BCUT2D eigenvalue weighted by Crippen LogP contribution is -2.34. The Morgan fingerprint density at radius 3 is 2.70 bits per heavy atom. The molecule has 4 rings (SSSR count). The fourth-order valence-corrected chi connectivity index (χ4v) is 3.69. The van der Waals surface area contributed by atoms with Gasteiger partial charge in [-0.3, -0.25) is 9.69 Å². The van der Waals surface area contributed by atoms with Crippen LogP contribution in [0.15, 0.2) is 41.2 Å². The monoisotopic (exact) mass is 367 g/mol. The number of β-amino-alcohol motifs (C(OH)–C–C–N with tert-alkyl or cyclic N) is 1. The molecule has 7 heteroatoms. The lowest BCUT2D eigenvalue weighted by atomic mass is 9.95. The van der Waals surface area contributed by atoms with Gasteiger partial charge in [0.25, 0.3) is 5.56 Å². The van der Waals surface area contributed by atoms with Crippen molar-refractivity contribution in [1.82, 2.24) is 14.9 Å². The number of aromatic nitrogens is 2. The predicted octanol–water partition coefficient (Wildman–Crippen LogP) is 1.99. The van der Waals surface area contributed by atoms with Gasteiger partial charge in [0.05, 0.1) is 37.8 Å². The SMILES string of the molecule is COc1ccc(OC)c2c1CN(Cc1nc3ccccc3c(=O)[nH]1)CC2O. The topological polar surface area (TPSA) is 87.7 Å². The third-order valence-corrected chi connectivity index (χ3v) is 4.90. The number of nitrogens with one attached hydrogen (secondary N) is 1. The molecular weight excluding hydrogens is 346 g/mol. The normalized spacial score (nSPS) is 16.9. The molecule has 1 aliphatic heterocycles. The first-order valence-corrected chi connectivity index (χ1v) is 8.73. The first kappa shape index (κ1) is 17.5. The van der Waals surface area contributed by atoms with Gasteiger partial charge in [-0.05, 0) is 24.3 Å². The molecule has 0 saturated heterocycles. The smallest absolute Gasteiger partial charge is 0.258 e. The van der Waals surface area contributed by atoms with Crippen LogP contribution in [-0.2, 0) is 13.1 Å². The predicted molar refractivity (Wildman–Crippen MR) is 101 cm³/mol. The van der Waals surface area contributed by atoms with Crippen LogP contribution in [0, 0.1) is 0 Å². The van der Waals surface area contributed by atoms with Crippen LogP contribution in [0.1, 0.15) is 23.1 Å². The van der Waals surface area contributed by atoms with E-state index in [-0.39, 0.29) is 5.56 Å². The van der Waals surface area contributed by atoms with Gasteiger partial charge in [0.1, 0.15) is 17.3 Å². The van der Waals surface area contributed by atoms with Crippen LogP contribution in [0.3, 0.4) is 0 Å². The maximum atomic E-state index is 12.3. The van der Waals surface area contributed by atoms with Crippen molar-refractivity contribution >= 4 is 10.9 Å². The molecule has 0 fully saturated rings. The zero-order valence-corrected chi connectivity index (χ0v) is 15.2. The number of hydrogen-bond donors (Lipinski definition) is 2. The number of nitrogens with zero attached hydrogens (tertiary/aromatic N) is 2. The van der Waals surface area contributed by atoms with E-state index in [0.717, 1.165) is 11.1 Å². The second-order valence-electron chi connectivity index (χ2n) is 6.58. The van der Waals surface area contributed by atoms with Gasteiger partial charge in [-0.1, -0.05) is 12.1 Å². The molecule has 2 aromatic carbocycles. The van der Waals surface area contributed by atoms with E-state index in [4.69, 9.17) is 9.47 Å². The van der Waals surface area contributed by atoms with Crippen molar-refractivity contribution in [1.29, 1.82) is 0 Å². The van der Waals surface area contributed by atoms with E-state index >= 15 is 0 Å². The lowest BCUT2D eigenvalue weighted by Gasteiger charge is -2.33. The third kappa shape index (κ3) is 3.15. The van der Waals surface area contributed by atoms with Crippen LogP contribution < -0.4 is 15.0 Å². The molecule has 0 bridgehead atoms. The molecule has 1 aliphatic rings. The highest BCUT2D eigenvalue weighted by Gasteiger charge is 2.30. The van der Waals surface area contributed by atoms with Crippen LogP contribution >= 0.6 is 0 Å². The van der Waals surface area contributed by atoms with Crippen LogP contribution in [-0.4, -0.2) is 40.7 Å². The van der Waals surface area contributed by atoms with E-state index in [1.807, 2.05) is 29.2 Å². The Labute approximate surface area is 156 Å². The molecule has 140 valence electrons. The Bertz CT molecular complexity index is 1050. The van der Waals surface area contributed by atoms with Gasteiger partial charge >= 0.3 is 0 Å². The summed E-state index contributed by atoms with van der Waals surface area (Å²) in [4.78, 5) is 21.7. The number of fused-ring (bicyclic) bond motifs is 2. The Kier molecular flexibility index (Phi) is 4.55. The third-order valence-electron chi connectivity index (χ3n) is 4.90. The number of aliphatic hydroxyl groups is 1. The van der Waals surface area contributed by atoms with Crippen molar-refractivity contribution in [2.45, 2.75) is 19.2 Å². The van der Waals surface area contributed by atoms with Gasteiger partial charge in [-0.25, -0.2) is 4.98 Å². The highest BCUT2D eigenvalue weighted by molar-refractivity contribution is 5.77. The molecule has 0 radical (unpaired) electrons. The highest BCUT2D eigenvalue weighted by atomic mass is 16.5. The van der Waals surface area contributed by atoms with Crippen LogP contribution in [0.2, 0.25) is 0 Å². The molecule has 2 heterocycles. The summed E-state index contributed by atoms with van der Waals surface area (Å²) in [5.74, 6) is 1.92. The lowest BCUT2D eigenvalue weighted by molar-refractivity contribution is 0.0828. The Balaban J connectivity index is 1.67. The fraction of sp³-hybridized carbons (Fsp3) is 0.300. The number of rotatable bonds is 4. The highest BCUT2D eigenvalue weighted by Crippen LogP contribution is 2.39. The molecule has 2 N–H and O–H groups in total. The summed E-state index contributed by atoms with van der Waals surface area (Å²) in [5, 5.41) is 11.3. The molecule has 0 spiro atoms. The number of para-hydroxylation sites is 1. The van der Waals surface area contributed by atoms with E-state index in [1.54, 1.807) is 26.4 Å². The number of aliphatic hydroxyl groups excluding tert-OH is 1. The molecular formula is C20H21N3O4. The maximum absolute atomic E-state index is 12.3. The summed E-state index contributed by atoms with van der Waals surface area (Å²) in [7, 11) is 3.20. The number of hydrogen-bond acceptors (Lipinski definition) is 6. The van der Waals surface area contributed by atoms with Gasteiger partial charge < -0.3 is 19.6 Å². The Morgan fingerprint density at radius 1 is 1.19 bits per heavy atom. The minimum atomic E-state index is -0.717. The molecule has 0 amide bonds. The zero-order valence-electron chi connectivity index (χ0n) is 15.2. The Morgan fingerprint density at radius 2 is 1.93 bits per heavy atom. The van der Waals surface area contributed by atoms with Crippen molar-refractivity contribution in [2.24, 2.45) is 0 Å². The minimum absolute atomic E-state index is 0.159. The second-order valence-corrected chi connectivity index (χ2v) is 6.58. The van der Waals surface area contributed by atoms with Gasteiger partial charge in [-0.15, -0.1) is 0 Å². The van der Waals surface area contributed by atoms with E-state index in [0.29, 0.717) is 47.9 Å². The second kappa shape index (κ2) is 7.02. The molecule has 1 unspecified atom stereocenters. The van der Waals surface area contributed by atoms with E-state index in [1.165, 1.54) is 0 Å². The van der Waals surface area contributed by atoms with Gasteiger partial charge in [0.15, 0.2) is 0 Å². The molecule has 7 nitrogen and oxygen atoms in total. The van der Waals surface area contributed by atoms with Gasteiger partial charge in [-0.2, -0.15) is 0 Å². The molecule has 0 aliphatic carbocycles. The zero-order chi connectivity index (χ0) is 19.0. The number of benzene rings is 2. The fourth-order valence-electron chi connectivity index (χ4n) is 3.69. The summed E-state index contributed by atoms with van der Waals surface area (Å²) in [6.07, 6.45) is -0.717. The van der Waals surface area contributed by atoms with Crippen LogP contribution in [0.5, 0.6) is 11.5 Å². The van der Waals surface area contributed by atoms with Gasteiger partial charge in [0.2, 0.25) is 0 Å². The summed E-state index contributed by atoms with van der Waals surface area (Å²) in [6, 6.07) is 10.9. The number of H-pyrrole nitrogens is 1. The molecule has 3 aromatic rings. The molecule has 27 heavy (non-hydrogen) atoms. The number of ether oxygens (including phenoxy) is 2. The summed E-state index contributed by atoms with van der Waals surface area (Å²) >= 11 is 0. The maximum Gasteiger partial charge on any atom is 0.258 e. The minimum Gasteiger partial charge on any atom is -0.496 e. The van der Waals surface area contributed by atoms with E-state index in [2.05, 4.69) is 9.97 Å². The van der Waals surface area contributed by atoms with Crippen molar-refractivity contribution in [2.75, 3.05) is 20.8 Å². The number of aromatic amines is 1.